The standard InChI is InChI=1S/C8H14N2O4S/c1-5(11)9-10-6(12)4-15-8(2,3)7(13)14/h4H2,1-3H3,(H,9,11)(H,10,12)(H,13,14). The Bertz CT molecular complexity index is 278. The Hall–Kier alpha value is -1.24. The monoisotopic (exact) mass is 234 g/mol. The number of carboxylic acids is 1. The first-order valence-corrected chi connectivity index (χ1v) is 5.17. The molecule has 0 radical (unpaired) electrons. The molecule has 0 fully saturated rings. The number of aliphatic carboxylic acids is 1. The van der Waals surface area contributed by atoms with Crippen LogP contribution in [0.25, 0.3) is 0 Å². The third kappa shape index (κ3) is 5.95. The van der Waals surface area contributed by atoms with Gasteiger partial charge in [-0.3, -0.25) is 25.2 Å². The van der Waals surface area contributed by atoms with E-state index in [1.54, 1.807) is 0 Å². The van der Waals surface area contributed by atoms with Crippen LogP contribution in [0.4, 0.5) is 0 Å². The average Bonchev–Trinajstić information content (AvgIpc) is 2.11. The van der Waals surface area contributed by atoms with Gasteiger partial charge in [-0.25, -0.2) is 0 Å². The van der Waals surface area contributed by atoms with Crippen molar-refractivity contribution in [3.05, 3.63) is 0 Å². The van der Waals surface area contributed by atoms with Crippen molar-refractivity contribution in [1.82, 2.24) is 10.9 Å². The molecule has 0 aromatic rings. The minimum Gasteiger partial charge on any atom is -0.480 e. The Balaban J connectivity index is 3.90. The number of hydrogen-bond donors (Lipinski definition) is 3. The lowest BCUT2D eigenvalue weighted by molar-refractivity contribution is -0.138. The van der Waals surface area contributed by atoms with Gasteiger partial charge in [0.05, 0.1) is 5.75 Å². The summed E-state index contributed by atoms with van der Waals surface area (Å²) in [5, 5.41) is 8.75. The number of carboxylic acid groups (broad SMARTS) is 1. The molecule has 86 valence electrons. The van der Waals surface area contributed by atoms with Crippen LogP contribution in [0.1, 0.15) is 20.8 Å². The normalized spacial score (nSPS) is 10.6. The van der Waals surface area contributed by atoms with Gasteiger partial charge in [-0.1, -0.05) is 0 Å². The summed E-state index contributed by atoms with van der Waals surface area (Å²) in [5.74, 6) is -1.84. The molecule has 0 atom stereocenters. The van der Waals surface area contributed by atoms with E-state index in [9.17, 15) is 14.4 Å². The highest BCUT2D eigenvalue weighted by atomic mass is 32.2. The molecule has 0 bridgehead atoms. The number of amides is 2. The predicted octanol–water partition coefficient (Wildman–Crippen LogP) is -0.250. The SMILES string of the molecule is CC(=O)NNC(=O)CSC(C)(C)C(=O)O. The second kappa shape index (κ2) is 5.59. The summed E-state index contributed by atoms with van der Waals surface area (Å²) in [4.78, 5) is 32.2. The minimum absolute atomic E-state index is 0.0282. The highest BCUT2D eigenvalue weighted by molar-refractivity contribution is 8.01. The quantitative estimate of drug-likeness (QED) is 0.583. The smallest absolute Gasteiger partial charge is 0.319 e. The fraction of sp³-hybridized carbons (Fsp3) is 0.625. The van der Waals surface area contributed by atoms with Crippen LogP contribution in [-0.4, -0.2) is 33.4 Å². The van der Waals surface area contributed by atoms with Gasteiger partial charge >= 0.3 is 5.97 Å². The van der Waals surface area contributed by atoms with E-state index in [4.69, 9.17) is 5.11 Å². The van der Waals surface area contributed by atoms with E-state index in [0.29, 0.717) is 0 Å². The number of carbonyl (C=O) groups is 3. The largest absolute Gasteiger partial charge is 0.480 e. The topological polar surface area (TPSA) is 95.5 Å². The molecule has 7 heteroatoms. The molecule has 0 rings (SSSR count). The predicted molar refractivity (Wildman–Crippen MR) is 56.1 cm³/mol. The van der Waals surface area contributed by atoms with E-state index in [0.717, 1.165) is 11.8 Å². The molecule has 0 saturated heterocycles. The lowest BCUT2D eigenvalue weighted by Crippen LogP contribution is -2.42. The van der Waals surface area contributed by atoms with Gasteiger partial charge in [0.25, 0.3) is 0 Å². The maximum absolute atomic E-state index is 11.1. The van der Waals surface area contributed by atoms with Crippen molar-refractivity contribution in [1.29, 1.82) is 0 Å². The number of hydrazine groups is 1. The molecule has 0 aromatic carbocycles. The van der Waals surface area contributed by atoms with Crippen molar-refractivity contribution in [3.63, 3.8) is 0 Å². The summed E-state index contributed by atoms with van der Waals surface area (Å²) in [5.41, 5.74) is 4.25. The van der Waals surface area contributed by atoms with Gasteiger partial charge in [0, 0.05) is 6.92 Å². The Morgan fingerprint density at radius 3 is 2.20 bits per heavy atom. The molecule has 0 unspecified atom stereocenters. The van der Waals surface area contributed by atoms with Crippen LogP contribution in [0, 0.1) is 0 Å². The highest BCUT2D eigenvalue weighted by Gasteiger charge is 2.28. The molecule has 0 saturated carbocycles. The lowest BCUT2D eigenvalue weighted by Gasteiger charge is -2.17. The fourth-order valence-electron chi connectivity index (χ4n) is 0.502. The van der Waals surface area contributed by atoms with Crippen molar-refractivity contribution in [2.75, 3.05) is 5.75 Å². The van der Waals surface area contributed by atoms with Gasteiger partial charge in [-0.2, -0.15) is 0 Å². The third-order valence-corrected chi connectivity index (χ3v) is 2.76. The van der Waals surface area contributed by atoms with Gasteiger partial charge < -0.3 is 5.11 Å². The average molecular weight is 234 g/mol. The van der Waals surface area contributed by atoms with Gasteiger partial charge in [0.15, 0.2) is 0 Å². The van der Waals surface area contributed by atoms with E-state index < -0.39 is 16.6 Å². The Morgan fingerprint density at radius 1 is 1.27 bits per heavy atom. The number of nitrogens with one attached hydrogen (secondary N) is 2. The number of thioether (sulfide) groups is 1. The molecule has 0 aliphatic heterocycles. The van der Waals surface area contributed by atoms with Crippen molar-refractivity contribution in [2.24, 2.45) is 0 Å². The van der Waals surface area contributed by atoms with E-state index in [-0.39, 0.29) is 11.7 Å². The van der Waals surface area contributed by atoms with Crippen molar-refractivity contribution in [3.8, 4) is 0 Å². The Morgan fingerprint density at radius 2 is 1.80 bits per heavy atom. The summed E-state index contributed by atoms with van der Waals surface area (Å²) in [6, 6.07) is 0. The summed E-state index contributed by atoms with van der Waals surface area (Å²) in [7, 11) is 0. The Kier molecular flexibility index (Phi) is 5.13. The maximum Gasteiger partial charge on any atom is 0.319 e. The molecular weight excluding hydrogens is 220 g/mol. The second-order valence-electron chi connectivity index (χ2n) is 3.33. The first kappa shape index (κ1) is 13.8. The summed E-state index contributed by atoms with van der Waals surface area (Å²) >= 11 is 0.984. The zero-order chi connectivity index (χ0) is 12.1. The number of rotatable bonds is 4. The van der Waals surface area contributed by atoms with Crippen LogP contribution in [0.2, 0.25) is 0 Å². The van der Waals surface area contributed by atoms with Crippen molar-refractivity contribution >= 4 is 29.5 Å². The maximum atomic E-state index is 11.1. The molecule has 0 aliphatic rings. The molecular formula is C8H14N2O4S. The Labute approximate surface area is 91.8 Å². The van der Waals surface area contributed by atoms with Crippen LogP contribution in [0.5, 0.6) is 0 Å². The van der Waals surface area contributed by atoms with Gasteiger partial charge in [0.1, 0.15) is 4.75 Å². The molecule has 15 heavy (non-hydrogen) atoms. The summed E-state index contributed by atoms with van der Waals surface area (Å²) in [6.07, 6.45) is 0. The summed E-state index contributed by atoms with van der Waals surface area (Å²) in [6.45, 7) is 4.27. The van der Waals surface area contributed by atoms with Crippen molar-refractivity contribution in [2.45, 2.75) is 25.5 Å². The zero-order valence-corrected chi connectivity index (χ0v) is 9.60. The van der Waals surface area contributed by atoms with Crippen molar-refractivity contribution < 1.29 is 19.5 Å². The minimum atomic E-state index is -1.02. The highest BCUT2D eigenvalue weighted by Crippen LogP contribution is 2.23. The van der Waals surface area contributed by atoms with Gasteiger partial charge in [-0.05, 0) is 13.8 Å². The van der Waals surface area contributed by atoms with Crippen LogP contribution in [-0.2, 0) is 14.4 Å². The lowest BCUT2D eigenvalue weighted by atomic mass is 10.2. The number of carbonyl (C=O) groups excluding carboxylic acids is 2. The number of hydrogen-bond acceptors (Lipinski definition) is 4. The second-order valence-corrected chi connectivity index (χ2v) is 4.93. The molecule has 0 aliphatic carbocycles. The van der Waals surface area contributed by atoms with Gasteiger partial charge in [0.2, 0.25) is 11.8 Å². The molecule has 0 aromatic heterocycles. The first-order chi connectivity index (χ1) is 6.75. The molecule has 0 spiro atoms. The molecule has 0 heterocycles. The van der Waals surface area contributed by atoms with Gasteiger partial charge in [-0.15, -0.1) is 11.8 Å². The van der Waals surface area contributed by atoms with E-state index in [2.05, 4.69) is 10.9 Å². The first-order valence-electron chi connectivity index (χ1n) is 4.18. The third-order valence-electron chi connectivity index (χ3n) is 1.46. The van der Waals surface area contributed by atoms with Crippen LogP contribution in [0.3, 0.4) is 0 Å². The molecule has 6 nitrogen and oxygen atoms in total. The van der Waals surface area contributed by atoms with E-state index in [1.165, 1.54) is 20.8 Å². The van der Waals surface area contributed by atoms with Crippen LogP contribution >= 0.6 is 11.8 Å². The molecule has 2 amide bonds. The van der Waals surface area contributed by atoms with Crippen LogP contribution in [0.15, 0.2) is 0 Å². The van der Waals surface area contributed by atoms with E-state index in [1.807, 2.05) is 0 Å². The zero-order valence-electron chi connectivity index (χ0n) is 8.79. The van der Waals surface area contributed by atoms with E-state index >= 15 is 0 Å². The fourth-order valence-corrected chi connectivity index (χ4v) is 1.19. The molecule has 3 N–H and O–H groups in total. The summed E-state index contributed by atoms with van der Waals surface area (Å²) < 4.78 is -1.02. The van der Waals surface area contributed by atoms with Crippen LogP contribution < -0.4 is 10.9 Å².